The van der Waals surface area contributed by atoms with Crippen LogP contribution in [0.2, 0.25) is 0 Å². The minimum Gasteiger partial charge on any atom is -0.366 e. The Hall–Kier alpha value is -2.79. The van der Waals surface area contributed by atoms with Gasteiger partial charge in [0.25, 0.3) is 0 Å². The van der Waals surface area contributed by atoms with Crippen LogP contribution in [0.25, 0.3) is 31.9 Å². The first-order chi connectivity index (χ1) is 12.2. The molecule has 0 aliphatic rings. The van der Waals surface area contributed by atoms with Crippen LogP contribution in [0.3, 0.4) is 0 Å². The van der Waals surface area contributed by atoms with Gasteiger partial charge in [0.05, 0.1) is 15.4 Å². The van der Waals surface area contributed by atoms with Crippen LogP contribution in [0.15, 0.2) is 60.8 Å². The van der Waals surface area contributed by atoms with E-state index >= 15 is 0 Å². The normalized spacial score (nSPS) is 11.2. The Labute approximate surface area is 150 Å². The Balaban J connectivity index is 1.81. The number of fused-ring (bicyclic) bond motifs is 1. The second-order valence-corrected chi connectivity index (χ2v) is 7.20. The number of rotatable bonds is 4. The maximum absolute atomic E-state index is 4.51. The lowest BCUT2D eigenvalue weighted by molar-refractivity contribution is 0.880. The van der Waals surface area contributed by atoms with Crippen LogP contribution in [0, 0.1) is 0 Å². The van der Waals surface area contributed by atoms with Gasteiger partial charge in [-0.2, -0.15) is 0 Å². The molecule has 0 saturated heterocycles. The van der Waals surface area contributed by atoms with Crippen molar-refractivity contribution in [3.05, 3.63) is 60.8 Å². The second-order valence-electron chi connectivity index (χ2n) is 6.12. The molecule has 0 bridgehead atoms. The molecular weight excluding hydrogens is 328 g/mol. The van der Waals surface area contributed by atoms with E-state index < -0.39 is 0 Å². The first kappa shape index (κ1) is 15.7. The van der Waals surface area contributed by atoms with Crippen molar-refractivity contribution < 1.29 is 0 Å². The van der Waals surface area contributed by atoms with Crippen molar-refractivity contribution in [2.75, 3.05) is 5.32 Å². The number of aromatic nitrogens is 3. The predicted molar refractivity (Wildman–Crippen MR) is 105 cm³/mol. The number of hydrogen-bond donors (Lipinski definition) is 1. The first-order valence-corrected chi connectivity index (χ1v) is 9.07. The van der Waals surface area contributed by atoms with Crippen molar-refractivity contribution in [1.29, 1.82) is 0 Å². The Morgan fingerprint density at radius 1 is 0.840 bits per heavy atom. The second kappa shape index (κ2) is 6.61. The number of nitrogens with one attached hydrogen (secondary N) is 1. The summed E-state index contributed by atoms with van der Waals surface area (Å²) in [6.45, 7) is 4.20. The number of anilines is 1. The van der Waals surface area contributed by atoms with Crippen molar-refractivity contribution in [2.45, 2.75) is 19.9 Å². The summed E-state index contributed by atoms with van der Waals surface area (Å²) >= 11 is 1.69. The molecule has 5 heteroatoms. The minimum atomic E-state index is 0.307. The Bertz CT molecular complexity index is 1010. The maximum Gasteiger partial charge on any atom is 0.156 e. The molecule has 0 amide bonds. The van der Waals surface area contributed by atoms with Gasteiger partial charge < -0.3 is 5.32 Å². The molecule has 0 aliphatic heterocycles. The summed E-state index contributed by atoms with van der Waals surface area (Å²) in [5, 5.41) is 14.5. The van der Waals surface area contributed by atoms with Gasteiger partial charge in [0.2, 0.25) is 0 Å². The summed E-state index contributed by atoms with van der Waals surface area (Å²) in [7, 11) is 0. The third-order valence-electron chi connectivity index (χ3n) is 3.87. The average Bonchev–Trinajstić information content (AvgIpc) is 3.12. The van der Waals surface area contributed by atoms with Gasteiger partial charge in [0, 0.05) is 23.0 Å². The molecule has 4 rings (SSSR count). The minimum absolute atomic E-state index is 0.307. The predicted octanol–water partition coefficient (Wildman–Crippen LogP) is 5.24. The summed E-state index contributed by atoms with van der Waals surface area (Å²) in [5.41, 5.74) is 1.89. The van der Waals surface area contributed by atoms with Gasteiger partial charge in [-0.05, 0) is 38.1 Å². The fourth-order valence-electron chi connectivity index (χ4n) is 2.78. The standard InChI is InChI=1S/C20H18N4S/c1-13(2)22-20-15-8-4-3-7-14(15)19(23-24-20)18-11-10-17(25-18)16-9-5-6-12-21-16/h3-13H,1-2H3,(H,22,24). The van der Waals surface area contributed by atoms with Gasteiger partial charge in [-0.25, -0.2) is 0 Å². The molecule has 1 aromatic carbocycles. The monoisotopic (exact) mass is 346 g/mol. The zero-order valence-electron chi connectivity index (χ0n) is 14.1. The van der Waals surface area contributed by atoms with Crippen LogP contribution >= 0.6 is 11.3 Å². The zero-order chi connectivity index (χ0) is 17.2. The number of pyridine rings is 1. The van der Waals surface area contributed by atoms with Crippen LogP contribution in [-0.2, 0) is 0 Å². The molecule has 0 fully saturated rings. The highest BCUT2D eigenvalue weighted by Gasteiger charge is 2.13. The van der Waals surface area contributed by atoms with Gasteiger partial charge in [0.1, 0.15) is 5.69 Å². The van der Waals surface area contributed by atoms with Crippen LogP contribution in [0.5, 0.6) is 0 Å². The molecule has 4 nitrogen and oxygen atoms in total. The molecule has 3 aromatic heterocycles. The molecule has 124 valence electrons. The fraction of sp³-hybridized carbons (Fsp3) is 0.150. The van der Waals surface area contributed by atoms with E-state index in [1.54, 1.807) is 11.3 Å². The van der Waals surface area contributed by atoms with Crippen molar-refractivity contribution in [3.63, 3.8) is 0 Å². The molecule has 4 aromatic rings. The van der Waals surface area contributed by atoms with Gasteiger partial charge in [0.15, 0.2) is 5.82 Å². The highest BCUT2D eigenvalue weighted by molar-refractivity contribution is 7.18. The summed E-state index contributed by atoms with van der Waals surface area (Å²) in [4.78, 5) is 6.66. The molecule has 0 aliphatic carbocycles. The Morgan fingerprint density at radius 2 is 1.60 bits per heavy atom. The molecule has 0 atom stereocenters. The lowest BCUT2D eigenvalue weighted by Crippen LogP contribution is -2.12. The van der Waals surface area contributed by atoms with Crippen LogP contribution < -0.4 is 5.32 Å². The van der Waals surface area contributed by atoms with Gasteiger partial charge in [-0.1, -0.05) is 30.3 Å². The average molecular weight is 346 g/mol. The summed E-state index contributed by atoms with van der Waals surface area (Å²) in [5.74, 6) is 0.829. The van der Waals surface area contributed by atoms with E-state index in [1.165, 1.54) is 0 Å². The molecule has 0 spiro atoms. The lowest BCUT2D eigenvalue weighted by Gasteiger charge is -2.12. The van der Waals surface area contributed by atoms with Gasteiger partial charge >= 0.3 is 0 Å². The molecule has 0 saturated carbocycles. The van der Waals surface area contributed by atoms with E-state index in [4.69, 9.17) is 0 Å². The van der Waals surface area contributed by atoms with E-state index in [0.717, 1.165) is 37.7 Å². The van der Waals surface area contributed by atoms with Crippen molar-refractivity contribution in [2.24, 2.45) is 0 Å². The zero-order valence-corrected chi connectivity index (χ0v) is 14.9. The number of hydrogen-bond acceptors (Lipinski definition) is 5. The van der Waals surface area contributed by atoms with Gasteiger partial charge in [-0.15, -0.1) is 21.5 Å². The Morgan fingerprint density at radius 3 is 2.36 bits per heavy atom. The summed E-state index contributed by atoms with van der Waals surface area (Å²) in [6, 6.07) is 18.7. The first-order valence-electron chi connectivity index (χ1n) is 8.26. The lowest BCUT2D eigenvalue weighted by atomic mass is 10.1. The fourth-order valence-corrected chi connectivity index (χ4v) is 3.76. The molecule has 1 N–H and O–H groups in total. The van der Waals surface area contributed by atoms with E-state index in [0.29, 0.717) is 6.04 Å². The molecule has 0 unspecified atom stereocenters. The van der Waals surface area contributed by atoms with E-state index in [1.807, 2.05) is 36.5 Å². The van der Waals surface area contributed by atoms with Crippen molar-refractivity contribution in [1.82, 2.24) is 15.2 Å². The van der Waals surface area contributed by atoms with E-state index in [9.17, 15) is 0 Å². The summed E-state index contributed by atoms with van der Waals surface area (Å²) in [6.07, 6.45) is 1.82. The van der Waals surface area contributed by atoms with Gasteiger partial charge in [-0.3, -0.25) is 4.98 Å². The SMILES string of the molecule is CC(C)Nc1nnc(-c2ccc(-c3ccccn3)s2)c2ccccc12. The highest BCUT2D eigenvalue weighted by Crippen LogP contribution is 2.36. The van der Waals surface area contributed by atoms with Crippen LogP contribution in [-0.4, -0.2) is 21.2 Å². The van der Waals surface area contributed by atoms with Crippen molar-refractivity contribution in [3.8, 4) is 21.1 Å². The number of benzene rings is 1. The van der Waals surface area contributed by atoms with Crippen LogP contribution in [0.4, 0.5) is 5.82 Å². The largest absolute Gasteiger partial charge is 0.366 e. The third-order valence-corrected chi connectivity index (χ3v) is 4.98. The smallest absolute Gasteiger partial charge is 0.156 e. The third kappa shape index (κ3) is 3.10. The van der Waals surface area contributed by atoms with E-state index in [-0.39, 0.29) is 0 Å². The van der Waals surface area contributed by atoms with Crippen molar-refractivity contribution >= 4 is 27.9 Å². The topological polar surface area (TPSA) is 50.7 Å². The molecule has 3 heterocycles. The molecule has 0 radical (unpaired) electrons. The number of nitrogens with zero attached hydrogens (tertiary/aromatic N) is 3. The molecular formula is C20H18N4S. The maximum atomic E-state index is 4.51. The summed E-state index contributed by atoms with van der Waals surface area (Å²) < 4.78 is 0. The Kier molecular flexibility index (Phi) is 4.15. The quantitative estimate of drug-likeness (QED) is 0.549. The van der Waals surface area contributed by atoms with E-state index in [2.05, 4.69) is 58.6 Å². The van der Waals surface area contributed by atoms with Crippen LogP contribution in [0.1, 0.15) is 13.8 Å². The molecule has 25 heavy (non-hydrogen) atoms. The number of thiophene rings is 1. The highest BCUT2D eigenvalue weighted by atomic mass is 32.1.